The molecule has 7 heteroatoms. The number of carbonyl (C=O) groups is 1. The van der Waals surface area contributed by atoms with Gasteiger partial charge in [0.2, 0.25) is 0 Å². The molecule has 6 nitrogen and oxygen atoms in total. The highest BCUT2D eigenvalue weighted by atomic mass is 19.1. The molecule has 1 fully saturated rings. The largest absolute Gasteiger partial charge is 0.477 e. The standard InChI is InChI=1S/C19H18FN3O3/c20-10-13-3-1-2-12(8-13)6-7-22-11-15(19(25)26)18(24)23-17(22)9-16(21-23)14-4-5-14/h1-3,8-9,11,14H,4-7,10H2,(H,25,26). The molecule has 1 saturated carbocycles. The SMILES string of the molecule is O=C(O)c1cn(CCc2cccc(CF)c2)c2cc(C3CC3)nn2c1=O. The molecule has 0 atom stereocenters. The first-order chi connectivity index (χ1) is 12.6. The number of benzene rings is 1. The number of halogens is 1. The van der Waals surface area contributed by atoms with E-state index in [1.807, 2.05) is 12.1 Å². The number of aryl methyl sites for hydroxylation is 2. The van der Waals surface area contributed by atoms with Crippen molar-refractivity contribution in [2.45, 2.75) is 38.4 Å². The van der Waals surface area contributed by atoms with Gasteiger partial charge in [0.15, 0.2) is 0 Å². The number of aromatic nitrogens is 3. The van der Waals surface area contributed by atoms with Gasteiger partial charge in [-0.15, -0.1) is 0 Å². The summed E-state index contributed by atoms with van der Waals surface area (Å²) < 4.78 is 15.8. The predicted molar refractivity (Wildman–Crippen MR) is 93.3 cm³/mol. The van der Waals surface area contributed by atoms with Crippen molar-refractivity contribution in [3.63, 3.8) is 0 Å². The summed E-state index contributed by atoms with van der Waals surface area (Å²) in [6, 6.07) is 9.09. The summed E-state index contributed by atoms with van der Waals surface area (Å²) in [5.74, 6) is -0.911. The zero-order valence-corrected chi connectivity index (χ0v) is 14.1. The van der Waals surface area contributed by atoms with Gasteiger partial charge in [-0.25, -0.2) is 9.18 Å². The minimum Gasteiger partial charge on any atom is -0.477 e. The van der Waals surface area contributed by atoms with Crippen LogP contribution < -0.4 is 5.56 Å². The van der Waals surface area contributed by atoms with Gasteiger partial charge in [0, 0.05) is 24.7 Å². The van der Waals surface area contributed by atoms with Crippen molar-refractivity contribution in [1.82, 2.24) is 14.2 Å². The van der Waals surface area contributed by atoms with Crippen LogP contribution in [0.1, 0.15) is 45.9 Å². The van der Waals surface area contributed by atoms with Crippen LogP contribution in [0.2, 0.25) is 0 Å². The molecule has 1 N–H and O–H groups in total. The summed E-state index contributed by atoms with van der Waals surface area (Å²) in [6.07, 6.45) is 4.05. The van der Waals surface area contributed by atoms with E-state index in [2.05, 4.69) is 5.10 Å². The minimum atomic E-state index is -1.27. The van der Waals surface area contributed by atoms with Crippen LogP contribution in [0.3, 0.4) is 0 Å². The lowest BCUT2D eigenvalue weighted by Gasteiger charge is -2.10. The summed E-state index contributed by atoms with van der Waals surface area (Å²) in [5, 5.41) is 13.7. The van der Waals surface area contributed by atoms with E-state index in [4.69, 9.17) is 0 Å². The molecule has 4 rings (SSSR count). The monoisotopic (exact) mass is 355 g/mol. The first-order valence-electron chi connectivity index (χ1n) is 8.57. The normalized spacial score (nSPS) is 14.0. The topological polar surface area (TPSA) is 76.6 Å². The molecular weight excluding hydrogens is 337 g/mol. The van der Waals surface area contributed by atoms with Crippen LogP contribution in [0.5, 0.6) is 0 Å². The molecule has 0 bridgehead atoms. The molecule has 0 unspecified atom stereocenters. The number of nitrogens with zero attached hydrogens (tertiary/aromatic N) is 3. The lowest BCUT2D eigenvalue weighted by atomic mass is 10.1. The quantitative estimate of drug-likeness (QED) is 0.738. The first-order valence-corrected chi connectivity index (χ1v) is 8.57. The maximum absolute atomic E-state index is 12.8. The molecule has 0 spiro atoms. The second kappa shape index (κ2) is 6.40. The van der Waals surface area contributed by atoms with Crippen molar-refractivity contribution in [2.75, 3.05) is 0 Å². The average molecular weight is 355 g/mol. The van der Waals surface area contributed by atoms with Gasteiger partial charge in [0.05, 0.1) is 5.69 Å². The third-order valence-electron chi connectivity index (χ3n) is 4.72. The number of carboxylic acids is 1. The number of hydrogen-bond donors (Lipinski definition) is 1. The van der Waals surface area contributed by atoms with E-state index in [0.717, 1.165) is 24.1 Å². The van der Waals surface area contributed by atoms with Gasteiger partial charge in [-0.1, -0.05) is 24.3 Å². The number of carboxylic acid groups (broad SMARTS) is 1. The van der Waals surface area contributed by atoms with Crippen molar-refractivity contribution in [2.24, 2.45) is 0 Å². The Hall–Kier alpha value is -2.96. The van der Waals surface area contributed by atoms with Gasteiger partial charge in [-0.3, -0.25) is 4.79 Å². The molecule has 0 saturated heterocycles. The fourth-order valence-electron chi connectivity index (χ4n) is 3.16. The van der Waals surface area contributed by atoms with Crippen molar-refractivity contribution in [3.8, 4) is 0 Å². The Labute approximate surface area is 148 Å². The van der Waals surface area contributed by atoms with Crippen molar-refractivity contribution in [3.05, 3.63) is 69.3 Å². The number of aromatic carboxylic acids is 1. The smallest absolute Gasteiger partial charge is 0.342 e. The Morgan fingerprint density at radius 3 is 2.73 bits per heavy atom. The number of hydrogen-bond acceptors (Lipinski definition) is 3. The fourth-order valence-corrected chi connectivity index (χ4v) is 3.16. The van der Waals surface area contributed by atoms with Crippen LogP contribution in [0.25, 0.3) is 5.65 Å². The molecule has 2 heterocycles. The van der Waals surface area contributed by atoms with E-state index in [0.29, 0.717) is 30.1 Å². The molecule has 1 aliphatic carbocycles. The molecule has 1 aromatic carbocycles. The first kappa shape index (κ1) is 16.5. The molecule has 134 valence electrons. The molecule has 0 amide bonds. The average Bonchev–Trinajstić information content (AvgIpc) is 3.39. The Kier molecular flexibility index (Phi) is 4.06. The van der Waals surface area contributed by atoms with Crippen LogP contribution in [0, 0.1) is 0 Å². The second-order valence-corrected chi connectivity index (χ2v) is 6.66. The Bertz CT molecular complexity index is 1050. The van der Waals surface area contributed by atoms with Crippen LogP contribution in [-0.2, 0) is 19.6 Å². The molecular formula is C19H18FN3O3. The second-order valence-electron chi connectivity index (χ2n) is 6.66. The van der Waals surface area contributed by atoms with E-state index in [1.165, 1.54) is 10.7 Å². The van der Waals surface area contributed by atoms with E-state index >= 15 is 0 Å². The lowest BCUT2D eigenvalue weighted by molar-refractivity contribution is 0.0693. The maximum Gasteiger partial charge on any atom is 0.342 e. The fraction of sp³-hybridized carbons (Fsp3) is 0.316. The lowest BCUT2D eigenvalue weighted by Crippen LogP contribution is -2.26. The molecule has 2 aromatic heterocycles. The van der Waals surface area contributed by atoms with Crippen molar-refractivity contribution in [1.29, 1.82) is 0 Å². The van der Waals surface area contributed by atoms with Gasteiger partial charge < -0.3 is 9.67 Å². The van der Waals surface area contributed by atoms with Crippen LogP contribution in [-0.4, -0.2) is 25.3 Å². The molecule has 1 aliphatic rings. The van der Waals surface area contributed by atoms with Gasteiger partial charge in [-0.2, -0.15) is 9.61 Å². The summed E-state index contributed by atoms with van der Waals surface area (Å²) in [4.78, 5) is 23.8. The number of rotatable bonds is 6. The Balaban J connectivity index is 1.73. The van der Waals surface area contributed by atoms with E-state index in [9.17, 15) is 19.1 Å². The van der Waals surface area contributed by atoms with Gasteiger partial charge in [-0.05, 0) is 30.4 Å². The summed E-state index contributed by atoms with van der Waals surface area (Å²) in [5.41, 5.74) is 2.06. The molecule has 0 aliphatic heterocycles. The van der Waals surface area contributed by atoms with E-state index in [-0.39, 0.29) is 5.56 Å². The predicted octanol–water partition coefficient (Wildman–Crippen LogP) is 2.78. The van der Waals surface area contributed by atoms with Crippen molar-refractivity contribution < 1.29 is 14.3 Å². The third-order valence-corrected chi connectivity index (χ3v) is 4.72. The number of alkyl halides is 1. The van der Waals surface area contributed by atoms with Crippen molar-refractivity contribution >= 4 is 11.6 Å². The van der Waals surface area contributed by atoms with E-state index < -0.39 is 18.2 Å². The number of fused-ring (bicyclic) bond motifs is 1. The zero-order chi connectivity index (χ0) is 18.3. The summed E-state index contributed by atoms with van der Waals surface area (Å²) in [6.45, 7) is -0.0533. The maximum atomic E-state index is 12.8. The summed E-state index contributed by atoms with van der Waals surface area (Å²) in [7, 11) is 0. The van der Waals surface area contributed by atoms with Gasteiger partial charge in [0.25, 0.3) is 5.56 Å². The van der Waals surface area contributed by atoms with Crippen LogP contribution in [0.4, 0.5) is 4.39 Å². The molecule has 3 aromatic rings. The third kappa shape index (κ3) is 3.00. The van der Waals surface area contributed by atoms with E-state index in [1.54, 1.807) is 22.8 Å². The highest BCUT2D eigenvalue weighted by Crippen LogP contribution is 2.39. The van der Waals surface area contributed by atoms with Gasteiger partial charge >= 0.3 is 5.97 Å². The highest BCUT2D eigenvalue weighted by molar-refractivity contribution is 5.87. The molecule has 26 heavy (non-hydrogen) atoms. The van der Waals surface area contributed by atoms with Gasteiger partial charge in [0.1, 0.15) is 17.9 Å². The Morgan fingerprint density at radius 2 is 2.04 bits per heavy atom. The zero-order valence-electron chi connectivity index (χ0n) is 14.1. The molecule has 0 radical (unpaired) electrons. The van der Waals surface area contributed by atoms with Crippen LogP contribution >= 0.6 is 0 Å². The Morgan fingerprint density at radius 1 is 1.27 bits per heavy atom. The van der Waals surface area contributed by atoms with Crippen LogP contribution in [0.15, 0.2) is 41.3 Å². The minimum absolute atomic E-state index is 0.305. The summed E-state index contributed by atoms with van der Waals surface area (Å²) >= 11 is 0. The highest BCUT2D eigenvalue weighted by Gasteiger charge is 2.28.